The van der Waals surface area contributed by atoms with E-state index in [1.54, 1.807) is 0 Å². The lowest BCUT2D eigenvalue weighted by Crippen LogP contribution is -2.09. The number of rotatable bonds is 7. The zero-order valence-electron chi connectivity index (χ0n) is 11.4. The average Bonchev–Trinajstić information content (AvgIpc) is 2.49. The van der Waals surface area contributed by atoms with E-state index in [-0.39, 0.29) is 0 Å². The van der Waals surface area contributed by atoms with Crippen LogP contribution in [0.2, 0.25) is 0 Å². The standard InChI is InChI=1S/C16H16BrNO2S/c17-14-5-1-12(2-6-14)11-19-9-10-20-15-7-3-13(4-8-15)16(18)21/h1-8H,9-11H2,(H2,18,21). The molecule has 21 heavy (non-hydrogen) atoms. The molecule has 0 amide bonds. The van der Waals surface area contributed by atoms with Crippen LogP contribution in [0.5, 0.6) is 5.75 Å². The summed E-state index contributed by atoms with van der Waals surface area (Å²) in [6, 6.07) is 15.4. The van der Waals surface area contributed by atoms with Crippen LogP contribution in [0.4, 0.5) is 0 Å². The van der Waals surface area contributed by atoms with Gasteiger partial charge in [0, 0.05) is 10.0 Å². The third kappa shape index (κ3) is 5.46. The molecule has 2 aromatic carbocycles. The van der Waals surface area contributed by atoms with Crippen molar-refractivity contribution in [3.8, 4) is 5.75 Å². The fourth-order valence-corrected chi connectivity index (χ4v) is 2.10. The Morgan fingerprint density at radius 3 is 2.29 bits per heavy atom. The molecule has 2 rings (SSSR count). The monoisotopic (exact) mass is 365 g/mol. The molecule has 0 fully saturated rings. The van der Waals surface area contributed by atoms with Crippen LogP contribution in [0.3, 0.4) is 0 Å². The highest BCUT2D eigenvalue weighted by atomic mass is 79.9. The van der Waals surface area contributed by atoms with Gasteiger partial charge in [-0.05, 0) is 42.0 Å². The molecule has 0 spiro atoms. The van der Waals surface area contributed by atoms with E-state index in [0.29, 0.717) is 24.8 Å². The highest BCUT2D eigenvalue weighted by molar-refractivity contribution is 9.10. The summed E-state index contributed by atoms with van der Waals surface area (Å²) in [5.41, 5.74) is 7.51. The summed E-state index contributed by atoms with van der Waals surface area (Å²) in [7, 11) is 0. The van der Waals surface area contributed by atoms with Crippen molar-refractivity contribution in [3.05, 3.63) is 64.1 Å². The van der Waals surface area contributed by atoms with Gasteiger partial charge in [0.1, 0.15) is 17.3 Å². The van der Waals surface area contributed by atoms with Gasteiger partial charge in [-0.15, -0.1) is 0 Å². The Bertz CT molecular complexity index is 584. The minimum absolute atomic E-state index is 0.388. The van der Waals surface area contributed by atoms with E-state index in [1.165, 1.54) is 0 Å². The number of ether oxygens (including phenoxy) is 2. The molecule has 0 aliphatic rings. The predicted molar refractivity (Wildman–Crippen MR) is 91.6 cm³/mol. The second-order valence-corrected chi connectivity index (χ2v) is 5.77. The van der Waals surface area contributed by atoms with Gasteiger partial charge in [0.15, 0.2) is 0 Å². The summed E-state index contributed by atoms with van der Waals surface area (Å²) in [5.74, 6) is 0.780. The minimum atomic E-state index is 0.388. The van der Waals surface area contributed by atoms with Gasteiger partial charge in [-0.1, -0.05) is 40.3 Å². The third-order valence-electron chi connectivity index (χ3n) is 2.82. The lowest BCUT2D eigenvalue weighted by molar-refractivity contribution is 0.0889. The van der Waals surface area contributed by atoms with Gasteiger partial charge in [-0.2, -0.15) is 0 Å². The molecule has 0 aromatic heterocycles. The quantitative estimate of drug-likeness (QED) is 0.600. The first-order valence-corrected chi connectivity index (χ1v) is 7.70. The molecule has 0 saturated carbocycles. The molecule has 0 unspecified atom stereocenters. The molecule has 0 atom stereocenters. The second kappa shape index (κ2) is 8.12. The van der Waals surface area contributed by atoms with E-state index in [4.69, 9.17) is 27.4 Å². The van der Waals surface area contributed by atoms with Crippen molar-refractivity contribution in [2.75, 3.05) is 13.2 Å². The predicted octanol–water partition coefficient (Wildman–Crippen LogP) is 3.68. The van der Waals surface area contributed by atoms with Crippen LogP contribution in [-0.4, -0.2) is 18.2 Å². The van der Waals surface area contributed by atoms with Crippen LogP contribution < -0.4 is 10.5 Å². The molecule has 0 saturated heterocycles. The fraction of sp³-hybridized carbons (Fsp3) is 0.188. The molecule has 0 aliphatic carbocycles. The minimum Gasteiger partial charge on any atom is -0.491 e. The summed E-state index contributed by atoms with van der Waals surface area (Å²) in [6.45, 7) is 1.62. The van der Waals surface area contributed by atoms with E-state index in [0.717, 1.165) is 21.3 Å². The molecular weight excluding hydrogens is 350 g/mol. The summed E-state index contributed by atoms with van der Waals surface area (Å²) >= 11 is 8.30. The Morgan fingerprint density at radius 2 is 1.67 bits per heavy atom. The number of hydrogen-bond donors (Lipinski definition) is 1. The molecule has 3 nitrogen and oxygen atoms in total. The highest BCUT2D eigenvalue weighted by Crippen LogP contribution is 2.13. The molecule has 0 radical (unpaired) electrons. The average molecular weight is 366 g/mol. The van der Waals surface area contributed by atoms with Crippen LogP contribution >= 0.6 is 28.1 Å². The van der Waals surface area contributed by atoms with Crippen molar-refractivity contribution in [1.29, 1.82) is 0 Å². The lowest BCUT2D eigenvalue weighted by Gasteiger charge is -2.08. The lowest BCUT2D eigenvalue weighted by atomic mass is 10.2. The molecule has 0 heterocycles. The molecule has 0 bridgehead atoms. The normalized spacial score (nSPS) is 10.3. The highest BCUT2D eigenvalue weighted by Gasteiger charge is 1.98. The van der Waals surface area contributed by atoms with Gasteiger partial charge in [-0.3, -0.25) is 0 Å². The maximum Gasteiger partial charge on any atom is 0.119 e. The third-order valence-corrected chi connectivity index (χ3v) is 3.58. The van der Waals surface area contributed by atoms with Crippen molar-refractivity contribution in [1.82, 2.24) is 0 Å². The van der Waals surface area contributed by atoms with Crippen molar-refractivity contribution < 1.29 is 9.47 Å². The molecule has 2 N–H and O–H groups in total. The van der Waals surface area contributed by atoms with Crippen LogP contribution in [0, 0.1) is 0 Å². The first-order chi connectivity index (χ1) is 10.1. The molecule has 0 aliphatic heterocycles. The van der Waals surface area contributed by atoms with Crippen LogP contribution in [0.1, 0.15) is 11.1 Å². The summed E-state index contributed by atoms with van der Waals surface area (Å²) < 4.78 is 12.2. The maximum absolute atomic E-state index is 5.58. The Kier molecular flexibility index (Phi) is 6.17. The van der Waals surface area contributed by atoms with Crippen molar-refractivity contribution >= 4 is 33.1 Å². The topological polar surface area (TPSA) is 44.5 Å². The van der Waals surface area contributed by atoms with Crippen molar-refractivity contribution in [2.45, 2.75) is 6.61 Å². The van der Waals surface area contributed by atoms with Gasteiger partial charge in [0.25, 0.3) is 0 Å². The van der Waals surface area contributed by atoms with Gasteiger partial charge in [0.05, 0.1) is 13.2 Å². The maximum atomic E-state index is 5.58. The summed E-state index contributed by atoms with van der Waals surface area (Å²) in [5, 5.41) is 0. The fourth-order valence-electron chi connectivity index (χ4n) is 1.70. The van der Waals surface area contributed by atoms with Gasteiger partial charge < -0.3 is 15.2 Å². The van der Waals surface area contributed by atoms with E-state index in [1.807, 2.05) is 48.5 Å². The van der Waals surface area contributed by atoms with E-state index < -0.39 is 0 Å². The number of benzene rings is 2. The second-order valence-electron chi connectivity index (χ2n) is 4.42. The van der Waals surface area contributed by atoms with Crippen LogP contribution in [0.15, 0.2) is 53.0 Å². The Balaban J connectivity index is 1.67. The molecule has 2 aromatic rings. The zero-order valence-corrected chi connectivity index (χ0v) is 13.8. The van der Waals surface area contributed by atoms with E-state index >= 15 is 0 Å². The van der Waals surface area contributed by atoms with Crippen LogP contribution in [0.25, 0.3) is 0 Å². The zero-order chi connectivity index (χ0) is 15.1. The first kappa shape index (κ1) is 15.9. The van der Waals surface area contributed by atoms with E-state index in [9.17, 15) is 0 Å². The SMILES string of the molecule is NC(=S)c1ccc(OCCOCc2ccc(Br)cc2)cc1. The number of halogens is 1. The van der Waals surface area contributed by atoms with Crippen molar-refractivity contribution in [3.63, 3.8) is 0 Å². The summed E-state index contributed by atoms with van der Waals surface area (Å²) in [6.07, 6.45) is 0. The number of nitrogens with two attached hydrogens (primary N) is 1. The number of thiocarbonyl (C=S) groups is 1. The smallest absolute Gasteiger partial charge is 0.119 e. The molecule has 5 heteroatoms. The molecule has 110 valence electrons. The van der Waals surface area contributed by atoms with Gasteiger partial charge in [0.2, 0.25) is 0 Å². The van der Waals surface area contributed by atoms with Gasteiger partial charge in [-0.25, -0.2) is 0 Å². The first-order valence-electron chi connectivity index (χ1n) is 6.50. The largest absolute Gasteiger partial charge is 0.491 e. The molecular formula is C16H16BrNO2S. The number of hydrogen-bond acceptors (Lipinski definition) is 3. The van der Waals surface area contributed by atoms with Crippen molar-refractivity contribution in [2.24, 2.45) is 5.73 Å². The Labute approximate surface area is 138 Å². The van der Waals surface area contributed by atoms with Crippen LogP contribution in [-0.2, 0) is 11.3 Å². The van der Waals surface area contributed by atoms with E-state index in [2.05, 4.69) is 15.9 Å². The Hall–Kier alpha value is -1.43. The van der Waals surface area contributed by atoms with Gasteiger partial charge >= 0.3 is 0 Å². The Morgan fingerprint density at radius 1 is 1.00 bits per heavy atom. The summed E-state index contributed by atoms with van der Waals surface area (Å²) in [4.78, 5) is 0.388.